The number of aliphatic hydroxyl groups excluding tert-OH is 1. The first-order valence-electron chi connectivity index (χ1n) is 3.49. The molecule has 0 atom stereocenters. The van der Waals surface area contributed by atoms with Crippen molar-refractivity contribution in [1.82, 2.24) is 5.01 Å². The molecule has 0 fully saturated rings. The fourth-order valence-electron chi connectivity index (χ4n) is 0.606. The van der Waals surface area contributed by atoms with Crippen molar-refractivity contribution in [3.63, 3.8) is 0 Å². The lowest BCUT2D eigenvalue weighted by molar-refractivity contribution is -0.131. The molecular weight excluding hydrogens is 164 g/mol. The molecule has 3 N–H and O–H groups in total. The average Bonchev–Trinajstić information content (AvgIpc) is 2.00. The van der Waals surface area contributed by atoms with Crippen LogP contribution in [0.3, 0.4) is 0 Å². The van der Waals surface area contributed by atoms with E-state index in [9.17, 15) is 4.79 Å². The fourth-order valence-corrected chi connectivity index (χ4v) is 0.822. The average molecular weight is 178 g/mol. The quantitative estimate of drug-likeness (QED) is 0.228. The summed E-state index contributed by atoms with van der Waals surface area (Å²) in [5, 5.41) is 9.53. The van der Waals surface area contributed by atoms with Crippen LogP contribution in [0.15, 0.2) is 0 Å². The van der Waals surface area contributed by atoms with Crippen LogP contribution in [0.25, 0.3) is 0 Å². The molecular formula is C6H14N2O2S. The number of carbonyl (C=O) groups excluding carboxylic acids is 1. The zero-order valence-corrected chi connectivity index (χ0v) is 7.26. The highest BCUT2D eigenvalue weighted by Crippen LogP contribution is 1.92. The van der Waals surface area contributed by atoms with Crippen LogP contribution in [0.2, 0.25) is 0 Å². The minimum absolute atomic E-state index is 0.0282. The van der Waals surface area contributed by atoms with Crippen molar-refractivity contribution in [2.45, 2.75) is 12.8 Å². The SMILES string of the molecule is NN(CCS)C(=O)CCCO. The highest BCUT2D eigenvalue weighted by Gasteiger charge is 2.06. The van der Waals surface area contributed by atoms with Gasteiger partial charge in [-0.1, -0.05) is 0 Å². The lowest BCUT2D eigenvalue weighted by Gasteiger charge is -2.14. The van der Waals surface area contributed by atoms with E-state index < -0.39 is 0 Å². The molecule has 0 bridgehead atoms. The predicted octanol–water partition coefficient (Wildman–Crippen LogP) is -0.609. The van der Waals surface area contributed by atoms with Gasteiger partial charge in [0.15, 0.2) is 0 Å². The number of rotatable bonds is 5. The van der Waals surface area contributed by atoms with Gasteiger partial charge in [-0.05, 0) is 6.42 Å². The van der Waals surface area contributed by atoms with Gasteiger partial charge < -0.3 is 5.11 Å². The molecule has 0 radical (unpaired) electrons. The number of hydrazine groups is 1. The van der Waals surface area contributed by atoms with Crippen molar-refractivity contribution in [2.75, 3.05) is 18.9 Å². The standard InChI is InChI=1S/C6H14N2O2S/c7-8(3-5-11)6(10)2-1-4-9/h9,11H,1-5,7H2. The molecule has 0 unspecified atom stereocenters. The highest BCUT2D eigenvalue weighted by molar-refractivity contribution is 7.80. The molecule has 0 rings (SSSR count). The van der Waals surface area contributed by atoms with Gasteiger partial charge in [-0.15, -0.1) is 0 Å². The van der Waals surface area contributed by atoms with E-state index in [-0.39, 0.29) is 12.5 Å². The van der Waals surface area contributed by atoms with Gasteiger partial charge in [0.1, 0.15) is 0 Å². The van der Waals surface area contributed by atoms with Crippen molar-refractivity contribution in [3.8, 4) is 0 Å². The molecule has 1 amide bonds. The van der Waals surface area contributed by atoms with Gasteiger partial charge >= 0.3 is 0 Å². The summed E-state index contributed by atoms with van der Waals surface area (Å²) < 4.78 is 0. The van der Waals surface area contributed by atoms with E-state index in [1.165, 1.54) is 0 Å². The third kappa shape index (κ3) is 5.06. The number of aliphatic hydroxyl groups is 1. The van der Waals surface area contributed by atoms with E-state index in [4.69, 9.17) is 10.9 Å². The van der Waals surface area contributed by atoms with Gasteiger partial charge in [0.25, 0.3) is 0 Å². The second kappa shape index (κ2) is 6.45. The predicted molar refractivity (Wildman–Crippen MR) is 46.1 cm³/mol. The van der Waals surface area contributed by atoms with Gasteiger partial charge in [-0.25, -0.2) is 5.84 Å². The molecule has 5 heteroatoms. The molecule has 0 aliphatic heterocycles. The van der Waals surface area contributed by atoms with Crippen LogP contribution >= 0.6 is 12.6 Å². The molecule has 0 heterocycles. The molecule has 0 aromatic carbocycles. The van der Waals surface area contributed by atoms with Gasteiger partial charge in [0.2, 0.25) is 5.91 Å². The topological polar surface area (TPSA) is 66.6 Å². The summed E-state index contributed by atoms with van der Waals surface area (Å²) in [5.74, 6) is 5.73. The Morgan fingerprint density at radius 3 is 2.73 bits per heavy atom. The normalized spacial score (nSPS) is 9.73. The van der Waals surface area contributed by atoms with E-state index >= 15 is 0 Å². The molecule has 0 aliphatic carbocycles. The highest BCUT2D eigenvalue weighted by atomic mass is 32.1. The van der Waals surface area contributed by atoms with E-state index in [2.05, 4.69) is 12.6 Å². The lowest BCUT2D eigenvalue weighted by Crippen LogP contribution is -2.38. The molecule has 0 spiro atoms. The first-order chi connectivity index (χ1) is 5.22. The molecule has 0 saturated heterocycles. The van der Waals surface area contributed by atoms with Crippen LogP contribution in [0.5, 0.6) is 0 Å². The van der Waals surface area contributed by atoms with Gasteiger partial charge in [0.05, 0.1) is 0 Å². The fraction of sp³-hybridized carbons (Fsp3) is 0.833. The lowest BCUT2D eigenvalue weighted by atomic mass is 10.3. The minimum atomic E-state index is -0.145. The van der Waals surface area contributed by atoms with E-state index in [0.717, 1.165) is 5.01 Å². The number of thiol groups is 1. The third-order valence-electron chi connectivity index (χ3n) is 1.21. The molecule has 0 saturated carbocycles. The number of hydrogen-bond acceptors (Lipinski definition) is 4. The van der Waals surface area contributed by atoms with Crippen LogP contribution in [0.1, 0.15) is 12.8 Å². The second-order valence-corrected chi connectivity index (χ2v) is 2.59. The first-order valence-corrected chi connectivity index (χ1v) is 4.12. The Bertz CT molecular complexity index is 121. The summed E-state index contributed by atoms with van der Waals surface area (Å²) in [6.07, 6.45) is 0.778. The monoisotopic (exact) mass is 178 g/mol. The number of amides is 1. The molecule has 0 aromatic heterocycles. The number of hydrogen-bond donors (Lipinski definition) is 3. The van der Waals surface area contributed by atoms with Crippen LogP contribution in [0, 0.1) is 0 Å². The van der Waals surface area contributed by atoms with E-state index in [1.54, 1.807) is 0 Å². The van der Waals surface area contributed by atoms with Gasteiger partial charge in [-0.2, -0.15) is 12.6 Å². The van der Waals surface area contributed by atoms with Gasteiger partial charge in [-0.3, -0.25) is 9.80 Å². The Morgan fingerprint density at radius 1 is 1.64 bits per heavy atom. The Morgan fingerprint density at radius 2 is 2.27 bits per heavy atom. The summed E-state index contributed by atoms with van der Waals surface area (Å²) in [7, 11) is 0. The van der Waals surface area contributed by atoms with Crippen LogP contribution in [0.4, 0.5) is 0 Å². The van der Waals surface area contributed by atoms with E-state index in [1.807, 2.05) is 0 Å². The van der Waals surface area contributed by atoms with E-state index in [0.29, 0.717) is 25.1 Å². The number of nitrogens with two attached hydrogens (primary N) is 1. The molecule has 11 heavy (non-hydrogen) atoms. The zero-order valence-electron chi connectivity index (χ0n) is 6.36. The number of carbonyl (C=O) groups is 1. The Balaban J connectivity index is 3.47. The van der Waals surface area contributed by atoms with Crippen LogP contribution < -0.4 is 5.84 Å². The summed E-state index contributed by atoms with van der Waals surface area (Å²) in [6.45, 7) is 0.480. The maximum atomic E-state index is 10.9. The largest absolute Gasteiger partial charge is 0.396 e. The smallest absolute Gasteiger partial charge is 0.236 e. The molecule has 4 nitrogen and oxygen atoms in total. The Labute approximate surface area is 71.7 Å². The maximum Gasteiger partial charge on any atom is 0.236 e. The first kappa shape index (κ1) is 10.7. The van der Waals surface area contributed by atoms with Gasteiger partial charge in [0, 0.05) is 25.3 Å². The Hall–Kier alpha value is -0.260. The summed E-state index contributed by atoms with van der Waals surface area (Å²) in [6, 6.07) is 0. The van der Waals surface area contributed by atoms with Crippen molar-refractivity contribution in [3.05, 3.63) is 0 Å². The second-order valence-electron chi connectivity index (χ2n) is 2.14. The van der Waals surface area contributed by atoms with Crippen LogP contribution in [-0.4, -0.2) is 34.9 Å². The van der Waals surface area contributed by atoms with Crippen molar-refractivity contribution < 1.29 is 9.90 Å². The maximum absolute atomic E-state index is 10.9. The van der Waals surface area contributed by atoms with Crippen molar-refractivity contribution >= 4 is 18.5 Å². The number of nitrogens with zero attached hydrogens (tertiary/aromatic N) is 1. The van der Waals surface area contributed by atoms with Crippen LogP contribution in [-0.2, 0) is 4.79 Å². The third-order valence-corrected chi connectivity index (χ3v) is 1.41. The summed E-state index contributed by atoms with van der Waals surface area (Å²) in [5.41, 5.74) is 0. The summed E-state index contributed by atoms with van der Waals surface area (Å²) >= 11 is 3.92. The van der Waals surface area contributed by atoms with Crippen molar-refractivity contribution in [1.29, 1.82) is 0 Å². The molecule has 66 valence electrons. The molecule has 0 aliphatic rings. The minimum Gasteiger partial charge on any atom is -0.396 e. The molecule has 0 aromatic rings. The Kier molecular flexibility index (Phi) is 6.30. The van der Waals surface area contributed by atoms with Crippen molar-refractivity contribution in [2.24, 2.45) is 5.84 Å². The summed E-state index contributed by atoms with van der Waals surface area (Å²) in [4.78, 5) is 10.9. The zero-order chi connectivity index (χ0) is 8.69.